The van der Waals surface area contributed by atoms with Gasteiger partial charge in [0, 0.05) is 29.8 Å². The van der Waals surface area contributed by atoms with Crippen molar-refractivity contribution in [2.24, 2.45) is 0 Å². The third kappa shape index (κ3) is 4.80. The van der Waals surface area contributed by atoms with Gasteiger partial charge < -0.3 is 14.5 Å². The molecular weight excluding hydrogens is 401 g/mol. The lowest BCUT2D eigenvalue weighted by Crippen LogP contribution is -2.16. The molecule has 0 spiro atoms. The number of carbonyl (C=O) groups is 1. The van der Waals surface area contributed by atoms with E-state index in [1.54, 1.807) is 47.3 Å². The zero-order valence-electron chi connectivity index (χ0n) is 17.0. The maximum absolute atomic E-state index is 13.4. The number of nitrogens with one attached hydrogen (secondary N) is 1. The molecule has 2 aromatic heterocycles. The standard InChI is InChI=1S/C23H20FN3O4/c1-14(2)30-17-6-7-18-19(12-22(28)31-20(18)11-17)23(29)25-21-8-9-27(26-21)13-15-4-3-5-16(24)10-15/h3-12,14H,13H2,1-2H3,(H,25,26,29). The molecule has 0 saturated heterocycles. The van der Waals surface area contributed by atoms with Gasteiger partial charge in [0.2, 0.25) is 0 Å². The van der Waals surface area contributed by atoms with E-state index >= 15 is 0 Å². The summed E-state index contributed by atoms with van der Waals surface area (Å²) in [4.78, 5) is 24.8. The van der Waals surface area contributed by atoms with Gasteiger partial charge in [-0.3, -0.25) is 9.48 Å². The van der Waals surface area contributed by atoms with Crippen LogP contribution < -0.4 is 15.7 Å². The van der Waals surface area contributed by atoms with E-state index in [9.17, 15) is 14.0 Å². The molecule has 1 amide bonds. The predicted molar refractivity (Wildman–Crippen MR) is 114 cm³/mol. The summed E-state index contributed by atoms with van der Waals surface area (Å²) in [5.74, 6) is 0.0307. The number of anilines is 1. The largest absolute Gasteiger partial charge is 0.491 e. The number of aromatic nitrogens is 2. The van der Waals surface area contributed by atoms with Gasteiger partial charge in [0.05, 0.1) is 18.2 Å². The number of carbonyl (C=O) groups excluding carboxylic acids is 1. The second-order valence-corrected chi connectivity index (χ2v) is 7.29. The van der Waals surface area contributed by atoms with Gasteiger partial charge in [-0.15, -0.1) is 0 Å². The van der Waals surface area contributed by atoms with Gasteiger partial charge in [-0.25, -0.2) is 9.18 Å². The highest BCUT2D eigenvalue weighted by Crippen LogP contribution is 2.24. The Morgan fingerprint density at radius 1 is 1.19 bits per heavy atom. The monoisotopic (exact) mass is 421 g/mol. The molecule has 0 bridgehead atoms. The van der Waals surface area contributed by atoms with E-state index in [-0.39, 0.29) is 23.1 Å². The van der Waals surface area contributed by atoms with Crippen molar-refractivity contribution in [2.45, 2.75) is 26.5 Å². The Kier molecular flexibility index (Phi) is 5.53. The van der Waals surface area contributed by atoms with E-state index in [4.69, 9.17) is 9.15 Å². The summed E-state index contributed by atoms with van der Waals surface area (Å²) in [6.45, 7) is 4.12. The van der Waals surface area contributed by atoms with Crippen molar-refractivity contribution in [3.63, 3.8) is 0 Å². The normalized spacial score (nSPS) is 11.1. The van der Waals surface area contributed by atoms with Crippen LogP contribution in [0.1, 0.15) is 29.8 Å². The number of fused-ring (bicyclic) bond motifs is 1. The van der Waals surface area contributed by atoms with Crippen LogP contribution in [0, 0.1) is 5.82 Å². The third-order valence-electron chi connectivity index (χ3n) is 4.45. The maximum Gasteiger partial charge on any atom is 0.337 e. The smallest absolute Gasteiger partial charge is 0.337 e. The highest BCUT2D eigenvalue weighted by atomic mass is 19.1. The Morgan fingerprint density at radius 2 is 2.03 bits per heavy atom. The molecule has 2 aromatic carbocycles. The summed E-state index contributed by atoms with van der Waals surface area (Å²) in [6.07, 6.45) is 1.63. The number of benzene rings is 2. The first-order valence-corrected chi connectivity index (χ1v) is 9.71. The van der Waals surface area contributed by atoms with Gasteiger partial charge in [0.25, 0.3) is 5.91 Å². The summed E-state index contributed by atoms with van der Waals surface area (Å²) >= 11 is 0. The van der Waals surface area contributed by atoms with Crippen LogP contribution in [0.2, 0.25) is 0 Å². The summed E-state index contributed by atoms with van der Waals surface area (Å²) in [5, 5.41) is 7.45. The minimum absolute atomic E-state index is 0.0434. The van der Waals surface area contributed by atoms with Crippen LogP contribution in [0.25, 0.3) is 11.0 Å². The Balaban J connectivity index is 1.56. The van der Waals surface area contributed by atoms with Gasteiger partial charge >= 0.3 is 5.63 Å². The second-order valence-electron chi connectivity index (χ2n) is 7.29. The van der Waals surface area contributed by atoms with E-state index in [1.807, 2.05) is 13.8 Å². The molecule has 0 aliphatic carbocycles. The SMILES string of the molecule is CC(C)Oc1ccc2c(C(=O)Nc3ccn(Cc4cccc(F)c4)n3)cc(=O)oc2c1. The van der Waals surface area contributed by atoms with Gasteiger partial charge in [-0.1, -0.05) is 12.1 Å². The second kappa shape index (κ2) is 8.43. The number of ether oxygens (including phenoxy) is 1. The highest BCUT2D eigenvalue weighted by Gasteiger charge is 2.15. The number of nitrogens with zero attached hydrogens (tertiary/aromatic N) is 2. The first kappa shape index (κ1) is 20.3. The molecule has 0 aliphatic rings. The lowest BCUT2D eigenvalue weighted by molar-refractivity contribution is 0.102. The zero-order chi connectivity index (χ0) is 22.0. The molecule has 4 aromatic rings. The van der Waals surface area contributed by atoms with Crippen LogP contribution in [-0.2, 0) is 6.54 Å². The van der Waals surface area contributed by atoms with Crippen molar-refractivity contribution in [3.05, 3.63) is 88.2 Å². The van der Waals surface area contributed by atoms with Gasteiger partial charge in [-0.05, 0) is 43.7 Å². The van der Waals surface area contributed by atoms with Crippen LogP contribution in [0.15, 0.2) is 70.0 Å². The topological polar surface area (TPSA) is 86.4 Å². The average molecular weight is 421 g/mol. The van der Waals surface area contributed by atoms with E-state index in [0.29, 0.717) is 23.5 Å². The fourth-order valence-electron chi connectivity index (χ4n) is 3.20. The molecule has 158 valence electrons. The van der Waals surface area contributed by atoms with Gasteiger partial charge in [0.1, 0.15) is 17.1 Å². The fraction of sp³-hybridized carbons (Fsp3) is 0.174. The van der Waals surface area contributed by atoms with Gasteiger partial charge in [-0.2, -0.15) is 5.10 Å². The minimum Gasteiger partial charge on any atom is -0.491 e. The van der Waals surface area contributed by atoms with E-state index in [0.717, 1.165) is 11.6 Å². The fourth-order valence-corrected chi connectivity index (χ4v) is 3.20. The first-order valence-electron chi connectivity index (χ1n) is 9.71. The summed E-state index contributed by atoms with van der Waals surface area (Å²) in [6, 6.07) is 13.9. The summed E-state index contributed by atoms with van der Waals surface area (Å²) in [5.41, 5.74) is 0.525. The van der Waals surface area contributed by atoms with Crippen LogP contribution in [0.5, 0.6) is 5.75 Å². The molecule has 0 fully saturated rings. The lowest BCUT2D eigenvalue weighted by atomic mass is 10.1. The van der Waals surface area contributed by atoms with Crippen molar-refractivity contribution in [2.75, 3.05) is 5.32 Å². The quantitative estimate of drug-likeness (QED) is 0.471. The highest BCUT2D eigenvalue weighted by molar-refractivity contribution is 6.11. The van der Waals surface area contributed by atoms with Crippen LogP contribution in [0.4, 0.5) is 10.2 Å². The van der Waals surface area contributed by atoms with Crippen molar-refractivity contribution in [1.82, 2.24) is 9.78 Å². The summed E-state index contributed by atoms with van der Waals surface area (Å²) < 4.78 is 25.8. The maximum atomic E-state index is 13.4. The van der Waals surface area contributed by atoms with Crippen LogP contribution in [0.3, 0.4) is 0 Å². The summed E-state index contributed by atoms with van der Waals surface area (Å²) in [7, 11) is 0. The number of rotatable bonds is 6. The molecule has 4 rings (SSSR count). The Hall–Kier alpha value is -3.94. The van der Waals surface area contributed by atoms with Crippen molar-refractivity contribution in [3.8, 4) is 5.75 Å². The number of amides is 1. The predicted octanol–water partition coefficient (Wildman–Crippen LogP) is 4.22. The van der Waals surface area contributed by atoms with E-state index in [1.165, 1.54) is 12.1 Å². The Labute approximate surface area is 177 Å². The van der Waals surface area contributed by atoms with Crippen LogP contribution in [-0.4, -0.2) is 21.8 Å². The number of hydrogen-bond acceptors (Lipinski definition) is 5. The van der Waals surface area contributed by atoms with E-state index in [2.05, 4.69) is 10.4 Å². The lowest BCUT2D eigenvalue weighted by Gasteiger charge is -2.11. The first-order chi connectivity index (χ1) is 14.9. The average Bonchev–Trinajstić information content (AvgIpc) is 3.13. The zero-order valence-corrected chi connectivity index (χ0v) is 17.0. The third-order valence-corrected chi connectivity index (χ3v) is 4.45. The molecule has 0 atom stereocenters. The van der Waals surface area contributed by atoms with Crippen molar-refractivity contribution >= 4 is 22.7 Å². The molecule has 1 N–H and O–H groups in total. The molecule has 0 aliphatic heterocycles. The molecular formula is C23H20FN3O4. The molecule has 31 heavy (non-hydrogen) atoms. The minimum atomic E-state index is -0.643. The molecule has 0 radical (unpaired) electrons. The van der Waals surface area contributed by atoms with E-state index < -0.39 is 11.5 Å². The Bertz CT molecular complexity index is 1310. The van der Waals surface area contributed by atoms with Crippen molar-refractivity contribution in [1.29, 1.82) is 0 Å². The van der Waals surface area contributed by atoms with Crippen molar-refractivity contribution < 1.29 is 18.3 Å². The number of hydrogen-bond donors (Lipinski definition) is 1. The molecule has 7 nitrogen and oxygen atoms in total. The molecule has 8 heteroatoms. The van der Waals surface area contributed by atoms with Crippen LogP contribution >= 0.6 is 0 Å². The molecule has 0 saturated carbocycles. The molecule has 0 unspecified atom stereocenters. The molecule has 2 heterocycles. The number of halogens is 1. The van der Waals surface area contributed by atoms with Gasteiger partial charge in [0.15, 0.2) is 5.82 Å². The Morgan fingerprint density at radius 3 is 2.81 bits per heavy atom.